The SMILES string of the molecule is CCC(CSC)N(C)C(=O)c1cccnc1F. The van der Waals surface area contributed by atoms with Gasteiger partial charge in [0, 0.05) is 25.0 Å². The van der Waals surface area contributed by atoms with E-state index in [4.69, 9.17) is 0 Å². The highest BCUT2D eigenvalue weighted by Gasteiger charge is 2.22. The second kappa shape index (κ2) is 6.59. The molecule has 0 aliphatic heterocycles. The van der Waals surface area contributed by atoms with Crippen molar-refractivity contribution in [2.75, 3.05) is 19.1 Å². The van der Waals surface area contributed by atoms with Crippen LogP contribution in [0.5, 0.6) is 0 Å². The minimum atomic E-state index is -0.705. The van der Waals surface area contributed by atoms with E-state index in [0.29, 0.717) is 0 Å². The Balaban J connectivity index is 2.85. The fourth-order valence-electron chi connectivity index (χ4n) is 1.60. The third-order valence-corrected chi connectivity index (χ3v) is 3.41. The van der Waals surface area contributed by atoms with Crippen molar-refractivity contribution >= 4 is 17.7 Å². The van der Waals surface area contributed by atoms with E-state index in [1.54, 1.807) is 29.8 Å². The van der Waals surface area contributed by atoms with Gasteiger partial charge in [-0.3, -0.25) is 4.79 Å². The number of carbonyl (C=O) groups is 1. The maximum absolute atomic E-state index is 13.4. The van der Waals surface area contributed by atoms with Gasteiger partial charge in [0.2, 0.25) is 5.95 Å². The van der Waals surface area contributed by atoms with Crippen LogP contribution >= 0.6 is 11.8 Å². The van der Waals surface area contributed by atoms with Gasteiger partial charge in [-0.05, 0) is 24.8 Å². The number of hydrogen-bond donors (Lipinski definition) is 0. The number of carbonyl (C=O) groups excluding carboxylic acids is 1. The summed E-state index contributed by atoms with van der Waals surface area (Å²) in [5.74, 6) is -0.166. The Kier molecular flexibility index (Phi) is 5.41. The molecule has 1 atom stereocenters. The molecule has 0 radical (unpaired) electrons. The lowest BCUT2D eigenvalue weighted by molar-refractivity contribution is 0.0738. The number of rotatable bonds is 5. The van der Waals surface area contributed by atoms with E-state index in [-0.39, 0.29) is 17.5 Å². The molecular weight excluding hydrogens is 239 g/mol. The summed E-state index contributed by atoms with van der Waals surface area (Å²) >= 11 is 1.68. The van der Waals surface area contributed by atoms with Gasteiger partial charge in [0.05, 0.1) is 5.56 Å². The fourth-order valence-corrected chi connectivity index (χ4v) is 2.44. The molecule has 1 rings (SSSR count). The molecule has 3 nitrogen and oxygen atoms in total. The van der Waals surface area contributed by atoms with E-state index in [0.717, 1.165) is 12.2 Å². The second-order valence-corrected chi connectivity index (χ2v) is 4.69. The van der Waals surface area contributed by atoms with Crippen LogP contribution < -0.4 is 0 Å². The molecule has 0 saturated heterocycles. The molecule has 0 fully saturated rings. The van der Waals surface area contributed by atoms with Crippen molar-refractivity contribution in [3.8, 4) is 0 Å². The van der Waals surface area contributed by atoms with Crippen LogP contribution in [-0.4, -0.2) is 40.9 Å². The van der Waals surface area contributed by atoms with Crippen molar-refractivity contribution in [1.29, 1.82) is 0 Å². The lowest BCUT2D eigenvalue weighted by atomic mass is 10.2. The van der Waals surface area contributed by atoms with Crippen LogP contribution in [0.2, 0.25) is 0 Å². The van der Waals surface area contributed by atoms with Gasteiger partial charge in [-0.2, -0.15) is 16.2 Å². The van der Waals surface area contributed by atoms with Crippen molar-refractivity contribution in [2.24, 2.45) is 0 Å². The molecule has 0 N–H and O–H groups in total. The number of thioether (sulfide) groups is 1. The normalized spacial score (nSPS) is 12.2. The average Bonchev–Trinajstić information content (AvgIpc) is 2.35. The molecule has 17 heavy (non-hydrogen) atoms. The molecule has 0 spiro atoms. The molecule has 0 aliphatic rings. The summed E-state index contributed by atoms with van der Waals surface area (Å²) in [6, 6.07) is 3.16. The predicted molar refractivity (Wildman–Crippen MR) is 68.7 cm³/mol. The molecule has 0 aliphatic carbocycles. The Bertz CT molecular complexity index is 387. The number of aromatic nitrogens is 1. The van der Waals surface area contributed by atoms with Gasteiger partial charge in [-0.1, -0.05) is 6.92 Å². The van der Waals surface area contributed by atoms with Gasteiger partial charge in [-0.25, -0.2) is 4.98 Å². The Hall–Kier alpha value is -1.10. The highest BCUT2D eigenvalue weighted by atomic mass is 32.2. The lowest BCUT2D eigenvalue weighted by Gasteiger charge is -2.26. The van der Waals surface area contributed by atoms with Crippen LogP contribution in [0.3, 0.4) is 0 Å². The minimum Gasteiger partial charge on any atom is -0.338 e. The van der Waals surface area contributed by atoms with Gasteiger partial charge in [0.15, 0.2) is 0 Å². The zero-order valence-corrected chi connectivity index (χ0v) is 11.1. The topological polar surface area (TPSA) is 33.2 Å². The van der Waals surface area contributed by atoms with Crippen molar-refractivity contribution in [3.05, 3.63) is 29.8 Å². The number of pyridine rings is 1. The van der Waals surface area contributed by atoms with Crippen molar-refractivity contribution in [2.45, 2.75) is 19.4 Å². The van der Waals surface area contributed by atoms with Gasteiger partial charge in [-0.15, -0.1) is 0 Å². The van der Waals surface area contributed by atoms with Crippen LogP contribution in [0, 0.1) is 5.95 Å². The highest BCUT2D eigenvalue weighted by molar-refractivity contribution is 7.98. The summed E-state index contributed by atoms with van der Waals surface area (Å²) < 4.78 is 13.4. The maximum Gasteiger partial charge on any atom is 0.258 e. The molecule has 0 aromatic carbocycles. The first-order chi connectivity index (χ1) is 8.11. The smallest absolute Gasteiger partial charge is 0.258 e. The van der Waals surface area contributed by atoms with Crippen molar-refractivity contribution in [1.82, 2.24) is 9.88 Å². The summed E-state index contributed by atoms with van der Waals surface area (Å²) in [5, 5.41) is 0. The lowest BCUT2D eigenvalue weighted by Crippen LogP contribution is -2.38. The van der Waals surface area contributed by atoms with E-state index < -0.39 is 5.95 Å². The summed E-state index contributed by atoms with van der Waals surface area (Å²) in [4.78, 5) is 17.2. The summed E-state index contributed by atoms with van der Waals surface area (Å²) in [5.41, 5.74) is 0.0366. The standard InChI is InChI=1S/C12H17FN2OS/c1-4-9(8-17-3)15(2)12(16)10-6-5-7-14-11(10)13/h5-7,9H,4,8H2,1-3H3. The Labute approximate surface area is 105 Å². The zero-order valence-electron chi connectivity index (χ0n) is 10.3. The molecule has 5 heteroatoms. The zero-order chi connectivity index (χ0) is 12.8. The van der Waals surface area contributed by atoms with Crippen LogP contribution in [0.1, 0.15) is 23.7 Å². The molecule has 0 saturated carbocycles. The monoisotopic (exact) mass is 256 g/mol. The summed E-state index contributed by atoms with van der Waals surface area (Å²) in [6.07, 6.45) is 4.18. The van der Waals surface area contributed by atoms with E-state index >= 15 is 0 Å². The third-order valence-electron chi connectivity index (χ3n) is 2.69. The maximum atomic E-state index is 13.4. The van der Waals surface area contributed by atoms with Crippen molar-refractivity contribution < 1.29 is 9.18 Å². The van der Waals surface area contributed by atoms with Gasteiger partial charge in [0.1, 0.15) is 0 Å². The van der Waals surface area contributed by atoms with Gasteiger partial charge in [0.25, 0.3) is 5.91 Å². The quantitative estimate of drug-likeness (QED) is 0.759. The molecule has 1 aromatic heterocycles. The predicted octanol–water partition coefficient (Wildman–Crippen LogP) is 2.43. The van der Waals surface area contributed by atoms with E-state index in [9.17, 15) is 9.18 Å². The van der Waals surface area contributed by atoms with E-state index in [2.05, 4.69) is 4.98 Å². The fraction of sp³-hybridized carbons (Fsp3) is 0.500. The third kappa shape index (κ3) is 3.43. The first kappa shape index (κ1) is 14.0. The summed E-state index contributed by atoms with van der Waals surface area (Å²) in [6.45, 7) is 2.02. The largest absolute Gasteiger partial charge is 0.338 e. The molecule has 1 aromatic rings. The number of amides is 1. The van der Waals surface area contributed by atoms with Gasteiger partial charge >= 0.3 is 0 Å². The van der Waals surface area contributed by atoms with Crippen molar-refractivity contribution in [3.63, 3.8) is 0 Å². The Morgan fingerprint density at radius 2 is 2.35 bits per heavy atom. The van der Waals surface area contributed by atoms with Gasteiger partial charge < -0.3 is 4.90 Å². The average molecular weight is 256 g/mol. The highest BCUT2D eigenvalue weighted by Crippen LogP contribution is 2.13. The molecule has 94 valence electrons. The molecular formula is C12H17FN2OS. The molecule has 1 unspecified atom stereocenters. The first-order valence-electron chi connectivity index (χ1n) is 5.48. The minimum absolute atomic E-state index is 0.0366. The summed E-state index contributed by atoms with van der Waals surface area (Å²) in [7, 11) is 1.71. The second-order valence-electron chi connectivity index (χ2n) is 3.78. The van der Waals surface area contributed by atoms with Crippen LogP contribution in [-0.2, 0) is 0 Å². The Morgan fingerprint density at radius 3 is 2.88 bits per heavy atom. The first-order valence-corrected chi connectivity index (χ1v) is 6.87. The number of nitrogens with zero attached hydrogens (tertiary/aromatic N) is 2. The molecule has 1 amide bonds. The molecule has 0 bridgehead atoms. The van der Waals surface area contributed by atoms with Crippen LogP contribution in [0.15, 0.2) is 18.3 Å². The van der Waals surface area contributed by atoms with E-state index in [1.165, 1.54) is 12.3 Å². The molecule has 1 heterocycles. The van der Waals surface area contributed by atoms with Crippen LogP contribution in [0.4, 0.5) is 4.39 Å². The van der Waals surface area contributed by atoms with Crippen LogP contribution in [0.25, 0.3) is 0 Å². The number of halogens is 1. The van der Waals surface area contributed by atoms with E-state index in [1.807, 2.05) is 13.2 Å². The number of hydrogen-bond acceptors (Lipinski definition) is 3. The Morgan fingerprint density at radius 1 is 1.65 bits per heavy atom.